The zero-order valence-electron chi connectivity index (χ0n) is 9.51. The summed E-state index contributed by atoms with van der Waals surface area (Å²) in [6.07, 6.45) is 1.74. The van der Waals surface area contributed by atoms with Crippen LogP contribution in [0.1, 0.15) is 5.56 Å². The Morgan fingerprint density at radius 3 is 2.89 bits per heavy atom. The van der Waals surface area contributed by atoms with Crippen LogP contribution in [-0.2, 0) is 9.59 Å². The Kier molecular flexibility index (Phi) is 3.38. The summed E-state index contributed by atoms with van der Waals surface area (Å²) < 4.78 is 0.970. The first-order valence-electron chi connectivity index (χ1n) is 5.14. The van der Waals surface area contributed by atoms with Crippen molar-refractivity contribution in [3.8, 4) is 0 Å². The SMILES string of the molecule is Cc1ccc2sc(NC(=O)/C=C/C(=O)O)nc2c1. The molecular formula is C12H10N2O3S. The fourth-order valence-corrected chi connectivity index (χ4v) is 2.23. The normalized spacial score (nSPS) is 10.9. The van der Waals surface area contributed by atoms with Gasteiger partial charge in [-0.15, -0.1) is 0 Å². The third-order valence-corrected chi connectivity index (χ3v) is 3.10. The summed E-state index contributed by atoms with van der Waals surface area (Å²) in [4.78, 5) is 25.9. The van der Waals surface area contributed by atoms with E-state index in [1.807, 2.05) is 25.1 Å². The number of nitrogens with zero attached hydrogens (tertiary/aromatic N) is 1. The van der Waals surface area contributed by atoms with Crippen molar-refractivity contribution in [2.75, 3.05) is 5.32 Å². The smallest absolute Gasteiger partial charge is 0.328 e. The number of nitrogens with one attached hydrogen (secondary N) is 1. The van der Waals surface area contributed by atoms with Crippen LogP contribution in [-0.4, -0.2) is 22.0 Å². The molecule has 0 aliphatic rings. The number of carbonyl (C=O) groups excluding carboxylic acids is 1. The van der Waals surface area contributed by atoms with Crippen LogP contribution < -0.4 is 5.32 Å². The van der Waals surface area contributed by atoms with Crippen molar-refractivity contribution in [1.29, 1.82) is 0 Å². The zero-order chi connectivity index (χ0) is 13.1. The monoisotopic (exact) mass is 262 g/mol. The van der Waals surface area contributed by atoms with Crippen molar-refractivity contribution in [3.63, 3.8) is 0 Å². The van der Waals surface area contributed by atoms with E-state index in [0.29, 0.717) is 5.13 Å². The summed E-state index contributed by atoms with van der Waals surface area (Å²) in [6, 6.07) is 5.83. The average Bonchev–Trinajstić information content (AvgIpc) is 2.67. The number of rotatable bonds is 3. The van der Waals surface area contributed by atoms with Gasteiger partial charge in [0.15, 0.2) is 5.13 Å². The van der Waals surface area contributed by atoms with E-state index in [0.717, 1.165) is 27.9 Å². The maximum Gasteiger partial charge on any atom is 0.328 e. The molecule has 6 heteroatoms. The van der Waals surface area contributed by atoms with Crippen molar-refractivity contribution < 1.29 is 14.7 Å². The van der Waals surface area contributed by atoms with E-state index in [2.05, 4.69) is 10.3 Å². The molecule has 0 aliphatic heterocycles. The number of benzene rings is 1. The average molecular weight is 262 g/mol. The summed E-state index contributed by atoms with van der Waals surface area (Å²) in [5.74, 6) is -1.67. The minimum absolute atomic E-state index is 0.454. The molecule has 1 aromatic carbocycles. The number of carbonyl (C=O) groups is 2. The van der Waals surface area contributed by atoms with E-state index in [9.17, 15) is 9.59 Å². The molecule has 1 heterocycles. The first-order chi connectivity index (χ1) is 8.54. The molecule has 0 spiro atoms. The number of thiazole rings is 1. The lowest BCUT2D eigenvalue weighted by Crippen LogP contribution is -2.08. The number of aliphatic carboxylic acids is 1. The molecule has 1 aromatic heterocycles. The molecule has 2 N–H and O–H groups in total. The first kappa shape index (κ1) is 12.3. The lowest BCUT2D eigenvalue weighted by atomic mass is 10.2. The van der Waals surface area contributed by atoms with Crippen LogP contribution in [0.25, 0.3) is 10.2 Å². The molecule has 2 rings (SSSR count). The lowest BCUT2D eigenvalue weighted by Gasteiger charge is -1.93. The Balaban J connectivity index is 2.17. The summed E-state index contributed by atoms with van der Waals surface area (Å²) in [5.41, 5.74) is 1.91. The van der Waals surface area contributed by atoms with Gasteiger partial charge in [0.25, 0.3) is 0 Å². The number of carboxylic acid groups (broad SMARTS) is 1. The lowest BCUT2D eigenvalue weighted by molar-refractivity contribution is -0.131. The van der Waals surface area contributed by atoms with E-state index in [4.69, 9.17) is 5.11 Å². The van der Waals surface area contributed by atoms with Crippen LogP contribution in [0.5, 0.6) is 0 Å². The molecule has 92 valence electrons. The summed E-state index contributed by atoms with van der Waals surface area (Å²) >= 11 is 1.34. The standard InChI is InChI=1S/C12H10N2O3S/c1-7-2-3-9-8(6-7)13-12(18-9)14-10(15)4-5-11(16)17/h2-6H,1H3,(H,16,17)(H,13,14,15)/b5-4+. The van der Waals surface area contributed by atoms with Gasteiger partial charge in [0.1, 0.15) is 0 Å². The highest BCUT2D eigenvalue weighted by Gasteiger charge is 2.06. The van der Waals surface area contributed by atoms with Gasteiger partial charge in [-0.25, -0.2) is 9.78 Å². The van der Waals surface area contributed by atoms with Gasteiger partial charge < -0.3 is 5.11 Å². The van der Waals surface area contributed by atoms with Crippen molar-refractivity contribution in [2.24, 2.45) is 0 Å². The van der Waals surface area contributed by atoms with E-state index in [1.54, 1.807) is 0 Å². The second kappa shape index (κ2) is 4.97. The van der Waals surface area contributed by atoms with E-state index < -0.39 is 11.9 Å². The molecule has 0 atom stereocenters. The van der Waals surface area contributed by atoms with Crippen molar-refractivity contribution in [1.82, 2.24) is 4.98 Å². The predicted octanol–water partition coefficient (Wildman–Crippen LogP) is 2.18. The second-order valence-corrected chi connectivity index (χ2v) is 4.68. The molecular weight excluding hydrogens is 252 g/mol. The number of aryl methyl sites for hydroxylation is 1. The Labute approximate surface area is 107 Å². The zero-order valence-corrected chi connectivity index (χ0v) is 10.3. The van der Waals surface area contributed by atoms with Gasteiger partial charge in [0.2, 0.25) is 5.91 Å². The summed E-state index contributed by atoms with van der Waals surface area (Å²) in [7, 11) is 0. The van der Waals surface area contributed by atoms with Crippen molar-refractivity contribution in [2.45, 2.75) is 6.92 Å². The van der Waals surface area contributed by atoms with Crippen LogP contribution >= 0.6 is 11.3 Å². The second-order valence-electron chi connectivity index (χ2n) is 3.65. The van der Waals surface area contributed by atoms with E-state index in [-0.39, 0.29) is 0 Å². The highest BCUT2D eigenvalue weighted by Crippen LogP contribution is 2.26. The number of aromatic nitrogens is 1. The quantitative estimate of drug-likeness (QED) is 0.831. The number of amides is 1. The largest absolute Gasteiger partial charge is 0.478 e. The minimum Gasteiger partial charge on any atom is -0.478 e. The molecule has 18 heavy (non-hydrogen) atoms. The number of fused-ring (bicyclic) bond motifs is 1. The Bertz CT molecular complexity index is 646. The van der Waals surface area contributed by atoms with E-state index in [1.165, 1.54) is 11.3 Å². The van der Waals surface area contributed by atoms with Crippen molar-refractivity contribution >= 4 is 38.6 Å². The third kappa shape index (κ3) is 2.92. The molecule has 0 radical (unpaired) electrons. The Hall–Kier alpha value is -2.21. The maximum absolute atomic E-state index is 11.4. The highest BCUT2D eigenvalue weighted by atomic mass is 32.1. The Morgan fingerprint density at radius 2 is 2.17 bits per heavy atom. The number of carboxylic acids is 1. The fraction of sp³-hybridized carbons (Fsp3) is 0.0833. The predicted molar refractivity (Wildman–Crippen MR) is 69.8 cm³/mol. The first-order valence-corrected chi connectivity index (χ1v) is 5.95. The molecule has 0 fully saturated rings. The number of anilines is 1. The van der Waals surface area contributed by atoms with Gasteiger partial charge in [0, 0.05) is 12.2 Å². The molecule has 1 amide bonds. The van der Waals surface area contributed by atoms with Crippen LogP contribution in [0.15, 0.2) is 30.4 Å². The number of hydrogen-bond acceptors (Lipinski definition) is 4. The minimum atomic E-state index is -1.16. The van der Waals surface area contributed by atoms with Crippen molar-refractivity contribution in [3.05, 3.63) is 35.9 Å². The molecule has 0 unspecified atom stereocenters. The van der Waals surface area contributed by atoms with Crippen LogP contribution in [0, 0.1) is 6.92 Å². The molecule has 0 saturated carbocycles. The molecule has 2 aromatic rings. The van der Waals surface area contributed by atoms with Crippen LogP contribution in [0.4, 0.5) is 5.13 Å². The topological polar surface area (TPSA) is 79.3 Å². The molecule has 0 saturated heterocycles. The molecule has 0 bridgehead atoms. The fourth-order valence-electron chi connectivity index (χ4n) is 1.38. The molecule has 0 aliphatic carbocycles. The van der Waals surface area contributed by atoms with Gasteiger partial charge >= 0.3 is 5.97 Å². The highest BCUT2D eigenvalue weighted by molar-refractivity contribution is 7.22. The van der Waals surface area contributed by atoms with Crippen LogP contribution in [0.2, 0.25) is 0 Å². The summed E-state index contributed by atoms with van der Waals surface area (Å²) in [5, 5.41) is 11.4. The Morgan fingerprint density at radius 1 is 1.39 bits per heavy atom. The van der Waals surface area contributed by atoms with Gasteiger partial charge in [-0.2, -0.15) is 0 Å². The third-order valence-electron chi connectivity index (χ3n) is 2.15. The van der Waals surface area contributed by atoms with Gasteiger partial charge in [0.05, 0.1) is 10.2 Å². The van der Waals surface area contributed by atoms with Crippen LogP contribution in [0.3, 0.4) is 0 Å². The van der Waals surface area contributed by atoms with Gasteiger partial charge in [-0.1, -0.05) is 17.4 Å². The molecule has 5 nitrogen and oxygen atoms in total. The number of hydrogen-bond donors (Lipinski definition) is 2. The van der Waals surface area contributed by atoms with Gasteiger partial charge in [-0.3, -0.25) is 10.1 Å². The maximum atomic E-state index is 11.4. The van der Waals surface area contributed by atoms with Gasteiger partial charge in [-0.05, 0) is 24.6 Å². The van der Waals surface area contributed by atoms with E-state index >= 15 is 0 Å². The summed E-state index contributed by atoms with van der Waals surface area (Å²) in [6.45, 7) is 1.96.